The molecule has 1 aliphatic heterocycles. The van der Waals surface area contributed by atoms with Crippen molar-refractivity contribution in [3.8, 4) is 0 Å². The van der Waals surface area contributed by atoms with Gasteiger partial charge in [0, 0.05) is 23.7 Å². The largest absolute Gasteiger partial charge is 0.453 e. The quantitative estimate of drug-likeness (QED) is 0.701. The number of ether oxygens (including phenoxy) is 2. The van der Waals surface area contributed by atoms with Crippen molar-refractivity contribution in [2.24, 2.45) is 0 Å². The van der Waals surface area contributed by atoms with E-state index in [9.17, 15) is 4.79 Å². The normalized spacial score (nSPS) is 26.4. The highest BCUT2D eigenvalue weighted by Crippen LogP contribution is 2.37. The molecule has 1 amide bonds. The number of rotatable bonds is 6. The molecule has 6 nitrogen and oxygen atoms in total. The van der Waals surface area contributed by atoms with Crippen molar-refractivity contribution in [3.63, 3.8) is 0 Å². The van der Waals surface area contributed by atoms with Gasteiger partial charge in [0.2, 0.25) is 0 Å². The minimum absolute atomic E-state index is 0.0767. The van der Waals surface area contributed by atoms with Gasteiger partial charge in [-0.3, -0.25) is 5.10 Å². The summed E-state index contributed by atoms with van der Waals surface area (Å²) in [7, 11) is 1.44. The molecule has 0 spiro atoms. The van der Waals surface area contributed by atoms with Gasteiger partial charge in [-0.25, -0.2) is 4.79 Å². The Morgan fingerprint density at radius 2 is 2.00 bits per heavy atom. The van der Waals surface area contributed by atoms with Gasteiger partial charge in [0.05, 0.1) is 32.1 Å². The van der Waals surface area contributed by atoms with Crippen LogP contribution in [-0.4, -0.2) is 53.6 Å². The number of nitrogens with one attached hydrogen (secondary N) is 1. The van der Waals surface area contributed by atoms with Crippen LogP contribution in [0.2, 0.25) is 0 Å². The van der Waals surface area contributed by atoms with E-state index in [0.29, 0.717) is 19.1 Å². The molecular formula is C25H33N3O3. The van der Waals surface area contributed by atoms with E-state index in [0.717, 1.165) is 49.8 Å². The monoisotopic (exact) mass is 423 g/mol. The van der Waals surface area contributed by atoms with E-state index in [1.165, 1.54) is 12.7 Å². The number of piperidine rings is 1. The molecule has 2 fully saturated rings. The second-order valence-corrected chi connectivity index (χ2v) is 8.64. The number of carbonyl (C=O) groups excluding carboxylic acids is 1. The number of methoxy groups -OCH3 is 1. The maximum Gasteiger partial charge on any atom is 0.409 e. The van der Waals surface area contributed by atoms with E-state index in [1.807, 2.05) is 11.0 Å². The number of aromatic amines is 1. The molecule has 1 saturated carbocycles. The summed E-state index contributed by atoms with van der Waals surface area (Å²) in [5, 5.41) is 7.35. The minimum Gasteiger partial charge on any atom is -0.453 e. The van der Waals surface area contributed by atoms with Crippen LogP contribution in [0.4, 0.5) is 4.79 Å². The summed E-state index contributed by atoms with van der Waals surface area (Å²) in [5.74, 6) is 0.749. The SMILES string of the molecule is C=Cc1cn[nH]c1[C@H]1CCCN(C(=O)OC)[C@H]1CO[C@H]1CC[C@@H](c2ccccc2)CC1. The van der Waals surface area contributed by atoms with Gasteiger partial charge in [0.25, 0.3) is 0 Å². The lowest BCUT2D eigenvalue weighted by atomic mass is 9.82. The van der Waals surface area contributed by atoms with Crippen LogP contribution in [0, 0.1) is 0 Å². The Morgan fingerprint density at radius 1 is 1.23 bits per heavy atom. The molecule has 31 heavy (non-hydrogen) atoms. The van der Waals surface area contributed by atoms with Gasteiger partial charge in [-0.2, -0.15) is 5.10 Å². The highest BCUT2D eigenvalue weighted by Gasteiger charge is 2.38. The summed E-state index contributed by atoms with van der Waals surface area (Å²) in [6.45, 7) is 5.11. The number of aromatic nitrogens is 2. The standard InChI is InChI=1S/C25H33N3O3/c1-3-18-16-26-27-24(18)22-10-7-15-28(25(29)30-2)23(22)17-31-21-13-11-20(12-14-21)19-8-5-4-6-9-19/h3-6,8-9,16,20-23H,1,7,10-15,17H2,2H3,(H,26,27)/t20-,21+,22-,23-/m0/s1. The van der Waals surface area contributed by atoms with Crippen LogP contribution in [0.1, 0.15) is 67.2 Å². The molecule has 0 bridgehead atoms. The zero-order valence-electron chi connectivity index (χ0n) is 18.3. The zero-order valence-corrected chi connectivity index (χ0v) is 18.3. The Hall–Kier alpha value is -2.60. The van der Waals surface area contributed by atoms with E-state index in [-0.39, 0.29) is 24.2 Å². The number of H-pyrrole nitrogens is 1. The molecule has 0 radical (unpaired) electrons. The maximum absolute atomic E-state index is 12.5. The molecule has 4 rings (SSSR count). The van der Waals surface area contributed by atoms with Crippen molar-refractivity contribution >= 4 is 12.2 Å². The molecule has 2 heterocycles. The van der Waals surface area contributed by atoms with Gasteiger partial charge in [-0.1, -0.05) is 43.0 Å². The van der Waals surface area contributed by atoms with E-state index in [4.69, 9.17) is 9.47 Å². The van der Waals surface area contributed by atoms with Gasteiger partial charge >= 0.3 is 6.09 Å². The number of amides is 1. The topological polar surface area (TPSA) is 67.5 Å². The van der Waals surface area contributed by atoms with Crippen molar-refractivity contribution < 1.29 is 14.3 Å². The fourth-order valence-corrected chi connectivity index (χ4v) is 5.23. The molecule has 0 unspecified atom stereocenters. The Kier molecular flexibility index (Phi) is 7.07. The molecular weight excluding hydrogens is 390 g/mol. The first-order chi connectivity index (χ1) is 15.2. The van der Waals surface area contributed by atoms with Crippen LogP contribution in [0.3, 0.4) is 0 Å². The van der Waals surface area contributed by atoms with Crippen molar-refractivity contribution in [1.82, 2.24) is 15.1 Å². The third-order valence-electron chi connectivity index (χ3n) is 6.93. The fraction of sp³-hybridized carbons (Fsp3) is 0.520. The van der Waals surface area contributed by atoms with E-state index in [1.54, 1.807) is 6.20 Å². The summed E-state index contributed by atoms with van der Waals surface area (Å²) in [6.07, 6.45) is 9.86. The first-order valence-corrected chi connectivity index (χ1v) is 11.4. The van der Waals surface area contributed by atoms with E-state index >= 15 is 0 Å². The van der Waals surface area contributed by atoms with Gasteiger partial charge in [-0.15, -0.1) is 0 Å². The number of nitrogens with zero attached hydrogens (tertiary/aromatic N) is 2. The number of likely N-dealkylation sites (tertiary alicyclic amines) is 1. The van der Waals surface area contributed by atoms with E-state index < -0.39 is 0 Å². The predicted molar refractivity (Wildman–Crippen MR) is 121 cm³/mol. The van der Waals surface area contributed by atoms with Gasteiger partial charge in [-0.05, 0) is 50.0 Å². The summed E-state index contributed by atoms with van der Waals surface area (Å²) >= 11 is 0. The minimum atomic E-state index is -0.286. The van der Waals surface area contributed by atoms with Crippen LogP contribution in [0.5, 0.6) is 0 Å². The molecule has 2 atom stereocenters. The van der Waals surface area contributed by atoms with Crippen molar-refractivity contribution in [2.45, 2.75) is 62.5 Å². The molecule has 2 aliphatic rings. The highest BCUT2D eigenvalue weighted by molar-refractivity contribution is 5.68. The third-order valence-corrected chi connectivity index (χ3v) is 6.93. The molecule has 1 aromatic heterocycles. The summed E-state index contributed by atoms with van der Waals surface area (Å²) in [6, 6.07) is 10.7. The van der Waals surface area contributed by atoms with Crippen LogP contribution < -0.4 is 0 Å². The number of carbonyl (C=O) groups is 1. The molecule has 1 N–H and O–H groups in total. The first-order valence-electron chi connectivity index (χ1n) is 11.4. The van der Waals surface area contributed by atoms with Gasteiger partial charge < -0.3 is 14.4 Å². The second-order valence-electron chi connectivity index (χ2n) is 8.64. The number of hydrogen-bond acceptors (Lipinski definition) is 4. The molecule has 166 valence electrons. The highest BCUT2D eigenvalue weighted by atomic mass is 16.5. The summed E-state index contributed by atoms with van der Waals surface area (Å²) in [4.78, 5) is 14.3. The third kappa shape index (κ3) is 4.85. The maximum atomic E-state index is 12.5. The van der Waals surface area contributed by atoms with Crippen molar-refractivity contribution in [1.29, 1.82) is 0 Å². The smallest absolute Gasteiger partial charge is 0.409 e. The van der Waals surface area contributed by atoms with Crippen LogP contribution in [0.15, 0.2) is 43.1 Å². The Bertz CT molecular complexity index is 858. The lowest BCUT2D eigenvalue weighted by Crippen LogP contribution is -2.50. The Balaban J connectivity index is 1.42. The number of benzene rings is 1. The molecule has 6 heteroatoms. The summed E-state index contributed by atoms with van der Waals surface area (Å²) in [5.41, 5.74) is 3.46. The van der Waals surface area contributed by atoms with Gasteiger partial charge in [0.15, 0.2) is 0 Å². The molecule has 1 aliphatic carbocycles. The van der Waals surface area contributed by atoms with Crippen molar-refractivity contribution in [3.05, 3.63) is 59.9 Å². The Labute approximate surface area is 184 Å². The average molecular weight is 424 g/mol. The van der Waals surface area contributed by atoms with Gasteiger partial charge in [0.1, 0.15) is 0 Å². The summed E-state index contributed by atoms with van der Waals surface area (Å²) < 4.78 is 11.5. The Morgan fingerprint density at radius 3 is 2.71 bits per heavy atom. The second kappa shape index (κ2) is 10.1. The molecule has 1 aromatic carbocycles. The zero-order chi connectivity index (χ0) is 21.6. The molecule has 1 saturated heterocycles. The van der Waals surface area contributed by atoms with Crippen LogP contribution in [-0.2, 0) is 9.47 Å². The first kappa shape index (κ1) is 21.6. The average Bonchev–Trinajstić information content (AvgIpc) is 3.31. The lowest BCUT2D eigenvalue weighted by Gasteiger charge is -2.41. The predicted octanol–water partition coefficient (Wildman–Crippen LogP) is 5.11. The number of hydrogen-bond donors (Lipinski definition) is 1. The van der Waals surface area contributed by atoms with Crippen LogP contribution in [0.25, 0.3) is 6.08 Å². The fourth-order valence-electron chi connectivity index (χ4n) is 5.23. The van der Waals surface area contributed by atoms with Crippen molar-refractivity contribution in [2.75, 3.05) is 20.3 Å². The lowest BCUT2D eigenvalue weighted by molar-refractivity contribution is -0.0242. The van der Waals surface area contributed by atoms with E-state index in [2.05, 4.69) is 47.1 Å². The van der Waals surface area contributed by atoms with Crippen LogP contribution >= 0.6 is 0 Å². The molecule has 2 aromatic rings.